The number of carbonyl (C=O) groups excluding carboxylic acids is 5. The Balaban J connectivity index is -0.0000000912. The number of ketones is 4. The summed E-state index contributed by atoms with van der Waals surface area (Å²) in [5.41, 5.74) is 0. The molecule has 0 rings (SSSR count). The van der Waals surface area contributed by atoms with Crippen LogP contribution in [0, 0.1) is 23.7 Å². The van der Waals surface area contributed by atoms with Gasteiger partial charge in [-0.15, -0.1) is 0 Å². The molecule has 0 aromatic heterocycles. The van der Waals surface area contributed by atoms with Crippen molar-refractivity contribution in [2.24, 2.45) is 23.7 Å². The Kier molecular flexibility index (Phi) is 49.8. The van der Waals surface area contributed by atoms with Gasteiger partial charge in [-0.3, -0.25) is 9.59 Å². The summed E-state index contributed by atoms with van der Waals surface area (Å²) in [5.74, 6) is 3.07. The molecule has 240 valence electrons. The Labute approximate surface area is 249 Å². The Morgan fingerprint density at radius 1 is 0.675 bits per heavy atom. The fraction of sp³-hybridized carbons (Fsp3) is 0.794. The van der Waals surface area contributed by atoms with E-state index in [1.165, 1.54) is 27.2 Å². The van der Waals surface area contributed by atoms with E-state index in [0.29, 0.717) is 36.4 Å². The summed E-state index contributed by atoms with van der Waals surface area (Å²) in [7, 11) is 0. The molecule has 6 heteroatoms. The molecule has 0 aliphatic rings. The van der Waals surface area contributed by atoms with Crippen molar-refractivity contribution in [1.29, 1.82) is 0 Å². The van der Waals surface area contributed by atoms with Crippen LogP contribution in [0.15, 0.2) is 12.2 Å². The van der Waals surface area contributed by atoms with E-state index in [2.05, 4.69) is 27.7 Å². The van der Waals surface area contributed by atoms with E-state index in [4.69, 9.17) is 5.11 Å². The van der Waals surface area contributed by atoms with Gasteiger partial charge in [0, 0.05) is 19.3 Å². The molecule has 0 aromatic carbocycles. The number of aliphatic hydroxyl groups excluding tert-OH is 1. The summed E-state index contributed by atoms with van der Waals surface area (Å²) < 4.78 is 0. The number of Topliss-reactive ketones (excluding diaryl/α,β-unsaturated/α-hetero) is 3. The Hall–Kier alpha value is -1.95. The Morgan fingerprint density at radius 2 is 1.10 bits per heavy atom. The molecular weight excluding hydrogens is 504 g/mol. The fourth-order valence-corrected chi connectivity index (χ4v) is 2.42. The van der Waals surface area contributed by atoms with Crippen molar-refractivity contribution in [2.45, 2.75) is 155 Å². The number of allylic oxidation sites excluding steroid dienone is 2. The first-order chi connectivity index (χ1) is 18.3. The lowest BCUT2D eigenvalue weighted by molar-refractivity contribution is -0.119. The normalized spacial score (nSPS) is 10.4. The molecule has 1 atom stereocenters. The number of aliphatic hydroxyl groups is 1. The van der Waals surface area contributed by atoms with Gasteiger partial charge in [-0.05, 0) is 83.6 Å². The molecule has 0 heterocycles. The topological polar surface area (TPSA) is 106 Å². The molecule has 0 aliphatic carbocycles. The van der Waals surface area contributed by atoms with E-state index in [1.807, 2.05) is 47.6 Å². The van der Waals surface area contributed by atoms with Gasteiger partial charge < -0.3 is 19.5 Å². The van der Waals surface area contributed by atoms with E-state index >= 15 is 0 Å². The molecule has 1 N–H and O–H groups in total. The van der Waals surface area contributed by atoms with Crippen LogP contribution < -0.4 is 0 Å². The number of hydrogen-bond donors (Lipinski definition) is 1. The number of rotatable bonds is 13. The van der Waals surface area contributed by atoms with Crippen LogP contribution in [0.5, 0.6) is 0 Å². The van der Waals surface area contributed by atoms with E-state index in [1.54, 1.807) is 19.9 Å². The molecule has 0 spiro atoms. The summed E-state index contributed by atoms with van der Waals surface area (Å²) >= 11 is 0. The monoisotopic (exact) mass is 573 g/mol. The average molecular weight is 573 g/mol. The zero-order chi connectivity index (χ0) is 33.3. The number of hydrogen-bond acceptors (Lipinski definition) is 6. The largest absolute Gasteiger partial charge is 0.393 e. The molecule has 1 unspecified atom stereocenters. The molecule has 0 saturated heterocycles. The van der Waals surface area contributed by atoms with Gasteiger partial charge in [0.05, 0.1) is 6.10 Å². The summed E-state index contributed by atoms with van der Waals surface area (Å²) in [6.07, 6.45) is 9.79. The lowest BCUT2D eigenvalue weighted by Crippen LogP contribution is -2.13. The van der Waals surface area contributed by atoms with E-state index in [0.717, 1.165) is 37.9 Å². The SMILES string of the molecule is CC.CC(=O)/C=C/CC(C)C.CC(=O)CC(O)CC(C)C.CC(=O)CCCC(C)C.CC(C)=O.CC(C)CC=O. The Bertz CT molecular complexity index is 612. The van der Waals surface area contributed by atoms with Crippen molar-refractivity contribution in [3.05, 3.63) is 12.2 Å². The number of carbonyl (C=O) groups is 5. The molecule has 0 amide bonds. The predicted molar refractivity (Wildman–Crippen MR) is 173 cm³/mol. The lowest BCUT2D eigenvalue weighted by atomic mass is 10.0. The van der Waals surface area contributed by atoms with Crippen molar-refractivity contribution in [1.82, 2.24) is 0 Å². The van der Waals surface area contributed by atoms with E-state index < -0.39 is 6.10 Å². The smallest absolute Gasteiger partial charge is 0.152 e. The maximum Gasteiger partial charge on any atom is 0.152 e. The second-order valence-corrected chi connectivity index (χ2v) is 11.5. The molecule has 0 fully saturated rings. The van der Waals surface area contributed by atoms with Gasteiger partial charge in [0.25, 0.3) is 0 Å². The first-order valence-corrected chi connectivity index (χ1v) is 15.0. The first kappa shape index (κ1) is 50.8. The molecule has 40 heavy (non-hydrogen) atoms. The molecule has 0 aliphatic heterocycles. The molecule has 6 nitrogen and oxygen atoms in total. The van der Waals surface area contributed by atoms with Crippen LogP contribution in [0.3, 0.4) is 0 Å². The highest BCUT2D eigenvalue weighted by Crippen LogP contribution is 2.07. The third-order valence-electron chi connectivity index (χ3n) is 4.10. The van der Waals surface area contributed by atoms with Crippen LogP contribution in [0.4, 0.5) is 0 Å². The average Bonchev–Trinajstić information content (AvgIpc) is 2.74. The van der Waals surface area contributed by atoms with Gasteiger partial charge in [0.15, 0.2) is 5.78 Å². The van der Waals surface area contributed by atoms with Crippen LogP contribution in [0.2, 0.25) is 0 Å². The van der Waals surface area contributed by atoms with Crippen LogP contribution in [0.25, 0.3) is 0 Å². The molecular formula is C34H68O6. The van der Waals surface area contributed by atoms with Gasteiger partial charge in [0.1, 0.15) is 23.6 Å². The standard InChI is InChI=1S/C8H16O2.C8H16O.C8H14O.C5H10O.C3H6O.C2H6/c1-6(2)4-8(10)5-7(3)9;2*1-7(2)5-4-6-8(3)9;1-5(2)3-4-6;1-3(2)4;1-2/h6,8,10H,4-5H2,1-3H3;7H,4-6H2,1-3H3;4,6-7H,5H2,1-3H3;4-5H,3H2,1-2H3;1-2H3;1-2H3/b;;6-4+;;;. The molecule has 0 aromatic rings. The van der Waals surface area contributed by atoms with Crippen LogP contribution in [-0.2, 0) is 24.0 Å². The highest BCUT2D eigenvalue weighted by atomic mass is 16.3. The van der Waals surface area contributed by atoms with Crippen molar-refractivity contribution in [3.8, 4) is 0 Å². The summed E-state index contributed by atoms with van der Waals surface area (Å²) in [6.45, 7) is 28.5. The van der Waals surface area contributed by atoms with Crippen molar-refractivity contribution in [3.63, 3.8) is 0 Å². The van der Waals surface area contributed by atoms with Crippen molar-refractivity contribution < 1.29 is 29.1 Å². The summed E-state index contributed by atoms with van der Waals surface area (Å²) in [4.78, 5) is 50.3. The first-order valence-electron chi connectivity index (χ1n) is 15.0. The highest BCUT2D eigenvalue weighted by Gasteiger charge is 2.08. The zero-order valence-electron chi connectivity index (χ0n) is 29.1. The maximum atomic E-state index is 10.5. The highest BCUT2D eigenvalue weighted by molar-refractivity contribution is 5.87. The van der Waals surface area contributed by atoms with Crippen LogP contribution >= 0.6 is 0 Å². The lowest BCUT2D eigenvalue weighted by Gasteiger charge is -2.09. The maximum absolute atomic E-state index is 10.5. The predicted octanol–water partition coefficient (Wildman–Crippen LogP) is 8.80. The number of aldehydes is 1. The quantitative estimate of drug-likeness (QED) is 0.175. The Morgan fingerprint density at radius 3 is 1.32 bits per heavy atom. The second kappa shape index (κ2) is 39.2. The van der Waals surface area contributed by atoms with Gasteiger partial charge in [-0.1, -0.05) is 81.7 Å². The van der Waals surface area contributed by atoms with Crippen LogP contribution in [-0.4, -0.2) is 40.6 Å². The van der Waals surface area contributed by atoms with Crippen molar-refractivity contribution in [2.75, 3.05) is 0 Å². The second-order valence-electron chi connectivity index (χ2n) is 11.5. The third kappa shape index (κ3) is 99.9. The molecule has 0 bridgehead atoms. The van der Waals surface area contributed by atoms with E-state index in [9.17, 15) is 24.0 Å². The minimum absolute atomic E-state index is 0.0631. The van der Waals surface area contributed by atoms with Gasteiger partial charge >= 0.3 is 0 Å². The van der Waals surface area contributed by atoms with Gasteiger partial charge in [-0.25, -0.2) is 0 Å². The van der Waals surface area contributed by atoms with Gasteiger partial charge in [0.2, 0.25) is 0 Å². The minimum Gasteiger partial charge on any atom is -0.393 e. The zero-order valence-corrected chi connectivity index (χ0v) is 29.1. The third-order valence-corrected chi connectivity index (χ3v) is 4.10. The van der Waals surface area contributed by atoms with E-state index in [-0.39, 0.29) is 17.3 Å². The van der Waals surface area contributed by atoms with Crippen molar-refractivity contribution >= 4 is 29.4 Å². The minimum atomic E-state index is -0.433. The van der Waals surface area contributed by atoms with Crippen LogP contribution in [0.1, 0.15) is 149 Å². The van der Waals surface area contributed by atoms with Gasteiger partial charge in [-0.2, -0.15) is 0 Å². The summed E-state index contributed by atoms with van der Waals surface area (Å²) in [5, 5.41) is 9.17. The summed E-state index contributed by atoms with van der Waals surface area (Å²) in [6, 6.07) is 0. The molecule has 0 radical (unpaired) electrons. The fourth-order valence-electron chi connectivity index (χ4n) is 2.42. The molecule has 0 saturated carbocycles.